The Bertz CT molecular complexity index is 406. The van der Waals surface area contributed by atoms with Crippen LogP contribution in [0.4, 0.5) is 0 Å². The molecule has 0 heterocycles. The summed E-state index contributed by atoms with van der Waals surface area (Å²) in [5, 5.41) is 17.6. The first-order valence-corrected chi connectivity index (χ1v) is 7.73. The summed E-state index contributed by atoms with van der Waals surface area (Å²) in [5.41, 5.74) is 0. The second kappa shape index (κ2) is 8.06. The fourth-order valence-electron chi connectivity index (χ4n) is 2.84. The van der Waals surface area contributed by atoms with Crippen molar-refractivity contribution in [3.05, 3.63) is 0 Å². The van der Waals surface area contributed by atoms with E-state index in [0.29, 0.717) is 0 Å². The first-order valence-electron chi connectivity index (χ1n) is 7.73. The zero-order chi connectivity index (χ0) is 16.9. The molecule has 0 spiro atoms. The molecule has 0 radical (unpaired) electrons. The first-order chi connectivity index (χ1) is 10.2. The molecule has 124 valence electrons. The minimum Gasteiger partial charge on any atom is -0.481 e. The van der Waals surface area contributed by atoms with Crippen molar-refractivity contribution in [2.75, 3.05) is 0 Å². The highest BCUT2D eigenvalue weighted by Gasteiger charge is 2.29. The molecule has 1 aliphatic carbocycles. The molecule has 1 aliphatic rings. The van der Waals surface area contributed by atoms with E-state index in [1.807, 2.05) is 0 Å². The fourth-order valence-corrected chi connectivity index (χ4v) is 2.84. The lowest BCUT2D eigenvalue weighted by molar-refractivity contribution is -0.147. The lowest BCUT2D eigenvalue weighted by atomic mass is 9.76. The Morgan fingerprint density at radius 3 is 1.27 bits per heavy atom. The fraction of sp³-hybridized carbons (Fsp3) is 0.750. The summed E-state index contributed by atoms with van der Waals surface area (Å²) < 4.78 is 0. The molecule has 0 aromatic carbocycles. The van der Waals surface area contributed by atoms with Gasteiger partial charge in [0.25, 0.3) is 0 Å². The van der Waals surface area contributed by atoms with Gasteiger partial charge < -0.3 is 10.2 Å². The molecule has 2 atom stereocenters. The summed E-state index contributed by atoms with van der Waals surface area (Å²) in [6.45, 7) is 2.81. The maximum Gasteiger partial charge on any atom is 0.313 e. The molecule has 6 heteroatoms. The number of Topliss-reactive ketones (excluding diaryl/α,β-unsaturated/α-hetero) is 2. The van der Waals surface area contributed by atoms with Gasteiger partial charge in [-0.1, -0.05) is 0 Å². The number of carboxylic acid groups (broad SMARTS) is 2. The third-order valence-corrected chi connectivity index (χ3v) is 4.65. The molecular formula is C16H24O6. The van der Waals surface area contributed by atoms with Crippen molar-refractivity contribution >= 4 is 23.5 Å². The van der Waals surface area contributed by atoms with Gasteiger partial charge >= 0.3 is 11.9 Å². The molecule has 2 unspecified atom stereocenters. The Morgan fingerprint density at radius 1 is 0.773 bits per heavy atom. The van der Waals surface area contributed by atoms with E-state index in [1.165, 1.54) is 13.8 Å². The monoisotopic (exact) mass is 312 g/mol. The number of rotatable bonds is 8. The van der Waals surface area contributed by atoms with E-state index in [9.17, 15) is 19.2 Å². The third kappa shape index (κ3) is 5.24. The summed E-state index contributed by atoms with van der Waals surface area (Å²) in [6, 6.07) is 0. The highest BCUT2D eigenvalue weighted by atomic mass is 16.4. The Labute approximate surface area is 129 Å². The topological polar surface area (TPSA) is 109 Å². The van der Waals surface area contributed by atoms with Crippen LogP contribution in [0.5, 0.6) is 0 Å². The molecule has 6 nitrogen and oxygen atoms in total. The Kier molecular flexibility index (Phi) is 6.71. The predicted octanol–water partition coefficient (Wildman–Crippen LogP) is 2.15. The molecule has 1 saturated carbocycles. The third-order valence-electron chi connectivity index (χ3n) is 4.65. The van der Waals surface area contributed by atoms with Crippen LogP contribution in [0.2, 0.25) is 0 Å². The van der Waals surface area contributed by atoms with Crippen LogP contribution in [0.1, 0.15) is 52.4 Å². The largest absolute Gasteiger partial charge is 0.481 e. The number of hydrogen-bond donors (Lipinski definition) is 2. The molecule has 1 rings (SSSR count). The van der Waals surface area contributed by atoms with Crippen LogP contribution in [0.3, 0.4) is 0 Å². The standard InChI is InChI=1S/C16H24O6/c1-9(15(19)20)13(17)7-11-3-5-12(6-4-11)8-14(18)10(2)16(21)22/h9-12H,3-8H2,1-2H3,(H,19,20)(H,21,22). The quantitative estimate of drug-likeness (QED) is 0.665. The van der Waals surface area contributed by atoms with Crippen LogP contribution in [-0.4, -0.2) is 33.7 Å². The molecular weight excluding hydrogens is 288 g/mol. The van der Waals surface area contributed by atoms with Crippen molar-refractivity contribution in [3.63, 3.8) is 0 Å². The number of carbonyl (C=O) groups is 4. The number of aliphatic carboxylic acids is 2. The van der Waals surface area contributed by atoms with E-state index in [-0.39, 0.29) is 36.2 Å². The maximum atomic E-state index is 11.8. The Morgan fingerprint density at radius 2 is 1.05 bits per heavy atom. The van der Waals surface area contributed by atoms with Gasteiger partial charge in [0.1, 0.15) is 23.4 Å². The molecule has 1 fully saturated rings. The second-order valence-corrected chi connectivity index (χ2v) is 6.35. The van der Waals surface area contributed by atoms with Crippen molar-refractivity contribution in [2.45, 2.75) is 52.4 Å². The van der Waals surface area contributed by atoms with E-state index < -0.39 is 23.8 Å². The van der Waals surface area contributed by atoms with E-state index >= 15 is 0 Å². The number of carbonyl (C=O) groups excluding carboxylic acids is 2. The molecule has 2 N–H and O–H groups in total. The van der Waals surface area contributed by atoms with Gasteiger partial charge in [-0.3, -0.25) is 19.2 Å². The van der Waals surface area contributed by atoms with Crippen LogP contribution in [-0.2, 0) is 19.2 Å². The summed E-state index contributed by atoms with van der Waals surface area (Å²) in [5.74, 6) is -4.24. The number of carboxylic acids is 2. The highest BCUT2D eigenvalue weighted by Crippen LogP contribution is 2.33. The minimum absolute atomic E-state index is 0.178. The average Bonchev–Trinajstić information content (AvgIpc) is 2.47. The first kappa shape index (κ1) is 18.3. The molecule has 0 aromatic rings. The van der Waals surface area contributed by atoms with Crippen LogP contribution in [0.15, 0.2) is 0 Å². The van der Waals surface area contributed by atoms with Crippen LogP contribution >= 0.6 is 0 Å². The van der Waals surface area contributed by atoms with Crippen molar-refractivity contribution < 1.29 is 29.4 Å². The lowest BCUT2D eigenvalue weighted by Gasteiger charge is -2.28. The van der Waals surface area contributed by atoms with E-state index in [1.54, 1.807) is 0 Å². The van der Waals surface area contributed by atoms with Gasteiger partial charge in [-0.05, 0) is 51.4 Å². The van der Waals surface area contributed by atoms with E-state index in [2.05, 4.69) is 0 Å². The van der Waals surface area contributed by atoms with Gasteiger partial charge in [-0.15, -0.1) is 0 Å². The predicted molar refractivity (Wildman–Crippen MR) is 78.3 cm³/mol. The van der Waals surface area contributed by atoms with Crippen molar-refractivity contribution in [1.29, 1.82) is 0 Å². The Hall–Kier alpha value is -1.72. The van der Waals surface area contributed by atoms with Gasteiger partial charge in [-0.2, -0.15) is 0 Å². The molecule has 0 saturated heterocycles. The number of ketones is 2. The van der Waals surface area contributed by atoms with Crippen LogP contribution in [0.25, 0.3) is 0 Å². The lowest BCUT2D eigenvalue weighted by Crippen LogP contribution is -2.27. The number of hydrogen-bond acceptors (Lipinski definition) is 4. The smallest absolute Gasteiger partial charge is 0.313 e. The summed E-state index contributed by atoms with van der Waals surface area (Å²) in [4.78, 5) is 45.1. The summed E-state index contributed by atoms with van der Waals surface area (Å²) >= 11 is 0. The van der Waals surface area contributed by atoms with Gasteiger partial charge in [-0.25, -0.2) is 0 Å². The minimum atomic E-state index is -1.09. The second-order valence-electron chi connectivity index (χ2n) is 6.35. The van der Waals surface area contributed by atoms with Crippen LogP contribution < -0.4 is 0 Å². The van der Waals surface area contributed by atoms with E-state index in [4.69, 9.17) is 10.2 Å². The SMILES string of the molecule is CC(C(=O)O)C(=O)CC1CCC(CC(=O)C(C)C(=O)O)CC1. The molecule has 0 amide bonds. The summed E-state index contributed by atoms with van der Waals surface area (Å²) in [6.07, 6.45) is 3.71. The zero-order valence-corrected chi connectivity index (χ0v) is 13.1. The highest BCUT2D eigenvalue weighted by molar-refractivity contribution is 5.98. The normalized spacial score (nSPS) is 24.3. The summed E-state index contributed by atoms with van der Waals surface area (Å²) in [7, 11) is 0. The maximum absolute atomic E-state index is 11.8. The van der Waals surface area contributed by atoms with Crippen molar-refractivity contribution in [1.82, 2.24) is 0 Å². The van der Waals surface area contributed by atoms with Gasteiger partial charge in [0.2, 0.25) is 0 Å². The van der Waals surface area contributed by atoms with Crippen molar-refractivity contribution in [3.8, 4) is 0 Å². The van der Waals surface area contributed by atoms with E-state index in [0.717, 1.165) is 25.7 Å². The molecule has 0 bridgehead atoms. The molecule has 0 aliphatic heterocycles. The molecule has 22 heavy (non-hydrogen) atoms. The average molecular weight is 312 g/mol. The van der Waals surface area contributed by atoms with Gasteiger partial charge in [0, 0.05) is 12.8 Å². The van der Waals surface area contributed by atoms with Crippen LogP contribution in [0, 0.1) is 23.7 Å². The zero-order valence-electron chi connectivity index (χ0n) is 13.1. The van der Waals surface area contributed by atoms with Gasteiger partial charge in [0.05, 0.1) is 0 Å². The Balaban J connectivity index is 2.38. The molecule has 0 aromatic heterocycles. The van der Waals surface area contributed by atoms with Gasteiger partial charge in [0.15, 0.2) is 0 Å². The van der Waals surface area contributed by atoms with Crippen molar-refractivity contribution in [2.24, 2.45) is 23.7 Å².